The predicted octanol–water partition coefficient (Wildman–Crippen LogP) is 2.53. The van der Waals surface area contributed by atoms with Crippen LogP contribution >= 0.6 is 0 Å². The number of allylic oxidation sites excluding steroid dienone is 1. The molecule has 1 aliphatic carbocycles. The van der Waals surface area contributed by atoms with Gasteiger partial charge in [-0.3, -0.25) is 4.79 Å². The lowest BCUT2D eigenvalue weighted by molar-refractivity contribution is -0.115. The second kappa shape index (κ2) is 8.57. The molecule has 0 aromatic heterocycles. The fourth-order valence-electron chi connectivity index (χ4n) is 4.51. The van der Waals surface area contributed by atoms with E-state index in [1.54, 1.807) is 24.3 Å². The summed E-state index contributed by atoms with van der Waals surface area (Å²) in [6.07, 6.45) is 4.38. The molecule has 2 aliphatic rings. The fraction of sp³-hybridized carbons (Fsp3) is 0.500. The van der Waals surface area contributed by atoms with Crippen molar-refractivity contribution in [1.82, 2.24) is 0 Å². The lowest BCUT2D eigenvalue weighted by Gasteiger charge is -2.37. The molecule has 1 aromatic rings. The van der Waals surface area contributed by atoms with Crippen molar-refractivity contribution >= 4 is 5.78 Å². The van der Waals surface area contributed by atoms with E-state index >= 15 is 0 Å². The lowest BCUT2D eigenvalue weighted by Crippen LogP contribution is -2.45. The van der Waals surface area contributed by atoms with Gasteiger partial charge in [0, 0.05) is 18.4 Å². The number of carbonyl (C=O) groups is 1. The summed E-state index contributed by atoms with van der Waals surface area (Å²) in [5, 5.41) is 19.9. The summed E-state index contributed by atoms with van der Waals surface area (Å²) in [5.74, 6) is 0.367. The van der Waals surface area contributed by atoms with Crippen LogP contribution in [0.4, 0.5) is 0 Å². The Morgan fingerprint density at radius 3 is 2.59 bits per heavy atom. The van der Waals surface area contributed by atoms with E-state index in [0.717, 1.165) is 12.0 Å². The molecule has 0 amide bonds. The Labute approximate surface area is 170 Å². The summed E-state index contributed by atoms with van der Waals surface area (Å²) in [5.41, 5.74) is 0.131. The highest BCUT2D eigenvalue weighted by Gasteiger charge is 2.57. The molecule has 0 radical (unpaired) electrons. The fourth-order valence-corrected chi connectivity index (χ4v) is 4.51. The molecule has 1 spiro atoms. The molecule has 1 aliphatic heterocycles. The molecule has 7 heteroatoms. The van der Waals surface area contributed by atoms with E-state index in [1.165, 1.54) is 27.4 Å². The van der Waals surface area contributed by atoms with Crippen LogP contribution in [0.2, 0.25) is 0 Å². The molecule has 0 saturated carbocycles. The first-order valence-electron chi connectivity index (χ1n) is 9.62. The number of benzene rings is 1. The van der Waals surface area contributed by atoms with Gasteiger partial charge in [-0.2, -0.15) is 0 Å². The Morgan fingerprint density at radius 1 is 1.24 bits per heavy atom. The quantitative estimate of drug-likeness (QED) is 0.721. The van der Waals surface area contributed by atoms with Gasteiger partial charge in [-0.05, 0) is 36.3 Å². The van der Waals surface area contributed by atoms with E-state index < -0.39 is 17.6 Å². The number of hydrogen-bond acceptors (Lipinski definition) is 7. The minimum Gasteiger partial charge on any atom is -0.504 e. The van der Waals surface area contributed by atoms with Crippen LogP contribution in [0.5, 0.6) is 11.5 Å². The molecule has 158 valence electrons. The molecule has 5 atom stereocenters. The van der Waals surface area contributed by atoms with Gasteiger partial charge in [0.2, 0.25) is 5.78 Å². The smallest absolute Gasteiger partial charge is 0.219 e. The summed E-state index contributed by atoms with van der Waals surface area (Å²) in [4.78, 5) is 12.2. The van der Waals surface area contributed by atoms with E-state index in [2.05, 4.69) is 0 Å². The van der Waals surface area contributed by atoms with Crippen molar-refractivity contribution in [3.63, 3.8) is 0 Å². The summed E-state index contributed by atoms with van der Waals surface area (Å²) in [6, 6.07) is 5.11. The zero-order valence-corrected chi connectivity index (χ0v) is 17.1. The van der Waals surface area contributed by atoms with E-state index in [0.29, 0.717) is 5.75 Å². The van der Waals surface area contributed by atoms with Gasteiger partial charge in [-0.1, -0.05) is 19.1 Å². The van der Waals surface area contributed by atoms with Gasteiger partial charge in [0.25, 0.3) is 0 Å². The van der Waals surface area contributed by atoms with Crippen molar-refractivity contribution in [1.29, 1.82) is 0 Å². The Hall–Kier alpha value is -2.35. The van der Waals surface area contributed by atoms with E-state index in [-0.39, 0.29) is 35.9 Å². The number of aliphatic hydroxyl groups is 1. The first-order valence-corrected chi connectivity index (χ1v) is 9.62. The van der Waals surface area contributed by atoms with Crippen molar-refractivity contribution in [3.8, 4) is 11.5 Å². The van der Waals surface area contributed by atoms with Crippen molar-refractivity contribution in [2.24, 2.45) is 11.3 Å². The Bertz CT molecular complexity index is 811. The highest BCUT2D eigenvalue weighted by Crippen LogP contribution is 2.57. The standard InChI is InChI=1S/C22H28O7/c1-5-14-20(13-6-7-15(24)17(10-13)26-2)29-21(19(12-23)28-4)22(14)9-8-16(25)18(11-22)27-3/h6-11,14,19-21,23-24H,5,12H2,1-4H3/t14-,19-,20-,21-,22-/m0/s1. The summed E-state index contributed by atoms with van der Waals surface area (Å²) in [7, 11) is 4.48. The monoisotopic (exact) mass is 404 g/mol. The first kappa shape index (κ1) is 21.4. The molecule has 2 N–H and O–H groups in total. The highest BCUT2D eigenvalue weighted by molar-refractivity contribution is 6.03. The number of aliphatic hydroxyl groups excluding tert-OH is 1. The number of ketones is 1. The van der Waals surface area contributed by atoms with Gasteiger partial charge in [0.1, 0.15) is 6.10 Å². The number of carbonyl (C=O) groups excluding carboxylic acids is 1. The topological polar surface area (TPSA) is 94.5 Å². The molecular formula is C22H28O7. The molecule has 1 saturated heterocycles. The third kappa shape index (κ3) is 3.54. The normalized spacial score (nSPS) is 29.8. The van der Waals surface area contributed by atoms with Crippen molar-refractivity contribution < 1.29 is 34.0 Å². The molecule has 1 fully saturated rings. The van der Waals surface area contributed by atoms with Crippen LogP contribution in [0.1, 0.15) is 25.0 Å². The van der Waals surface area contributed by atoms with E-state index in [4.69, 9.17) is 18.9 Å². The predicted molar refractivity (Wildman–Crippen MR) is 106 cm³/mol. The zero-order valence-electron chi connectivity index (χ0n) is 17.1. The largest absolute Gasteiger partial charge is 0.504 e. The first-order chi connectivity index (χ1) is 13.9. The van der Waals surface area contributed by atoms with Crippen LogP contribution < -0.4 is 4.74 Å². The van der Waals surface area contributed by atoms with Crippen molar-refractivity contribution in [2.45, 2.75) is 31.7 Å². The summed E-state index contributed by atoms with van der Waals surface area (Å²) >= 11 is 0. The minimum atomic E-state index is -0.701. The van der Waals surface area contributed by atoms with Gasteiger partial charge < -0.3 is 29.2 Å². The minimum absolute atomic E-state index is 0.0448. The van der Waals surface area contributed by atoms with Crippen molar-refractivity contribution in [3.05, 3.63) is 47.7 Å². The van der Waals surface area contributed by atoms with Crippen molar-refractivity contribution in [2.75, 3.05) is 27.9 Å². The lowest BCUT2D eigenvalue weighted by atomic mass is 9.66. The van der Waals surface area contributed by atoms with Crippen LogP contribution in [-0.4, -0.2) is 56.1 Å². The number of aromatic hydroxyl groups is 1. The maximum absolute atomic E-state index is 12.2. The Kier molecular flexibility index (Phi) is 6.31. The number of ether oxygens (including phenoxy) is 4. The zero-order chi connectivity index (χ0) is 21.2. The summed E-state index contributed by atoms with van der Waals surface area (Å²) < 4.78 is 22.6. The average molecular weight is 404 g/mol. The van der Waals surface area contributed by atoms with Crippen LogP contribution in [0.25, 0.3) is 0 Å². The molecule has 1 aromatic carbocycles. The van der Waals surface area contributed by atoms with Crippen LogP contribution in [0, 0.1) is 11.3 Å². The number of phenols is 1. The summed E-state index contributed by atoms with van der Waals surface area (Å²) in [6.45, 7) is 1.82. The van der Waals surface area contributed by atoms with Gasteiger partial charge in [-0.15, -0.1) is 0 Å². The number of phenolic OH excluding ortho intramolecular Hbond substituents is 1. The third-order valence-electron chi connectivity index (χ3n) is 5.95. The number of methoxy groups -OCH3 is 3. The average Bonchev–Trinajstić information content (AvgIpc) is 3.04. The molecular weight excluding hydrogens is 376 g/mol. The molecule has 29 heavy (non-hydrogen) atoms. The van der Waals surface area contributed by atoms with Crippen LogP contribution in [-0.2, 0) is 19.0 Å². The number of rotatable bonds is 7. The Morgan fingerprint density at radius 2 is 2.00 bits per heavy atom. The van der Waals surface area contributed by atoms with Gasteiger partial charge in [0.05, 0.1) is 33.0 Å². The van der Waals surface area contributed by atoms with Crippen LogP contribution in [0.15, 0.2) is 42.2 Å². The Balaban J connectivity index is 2.13. The van der Waals surface area contributed by atoms with E-state index in [9.17, 15) is 15.0 Å². The van der Waals surface area contributed by atoms with Gasteiger partial charge >= 0.3 is 0 Å². The maximum atomic E-state index is 12.2. The van der Waals surface area contributed by atoms with Crippen LogP contribution in [0.3, 0.4) is 0 Å². The van der Waals surface area contributed by atoms with Gasteiger partial charge in [-0.25, -0.2) is 0 Å². The SMILES string of the molecule is CC[C@H]1[C@H](c2ccc(O)c(OC)c2)O[C@@H]([C@H](CO)OC)[C@]12C=CC(=O)C(OC)=C2. The molecule has 0 bridgehead atoms. The second-order valence-electron chi connectivity index (χ2n) is 7.29. The number of hydrogen-bond donors (Lipinski definition) is 2. The highest BCUT2D eigenvalue weighted by atomic mass is 16.6. The molecule has 1 heterocycles. The molecule has 3 rings (SSSR count). The molecule has 7 nitrogen and oxygen atoms in total. The van der Waals surface area contributed by atoms with Gasteiger partial charge in [0.15, 0.2) is 17.3 Å². The van der Waals surface area contributed by atoms with E-state index in [1.807, 2.05) is 13.0 Å². The maximum Gasteiger partial charge on any atom is 0.219 e. The second-order valence-corrected chi connectivity index (χ2v) is 7.29. The molecule has 0 unspecified atom stereocenters. The third-order valence-corrected chi connectivity index (χ3v) is 5.95.